The first-order valence-electron chi connectivity index (χ1n) is 37.9. The largest absolute Gasteiger partial charge is 0.493 e. The Hall–Kier alpha value is -11.8. The molecule has 5 aliphatic heterocycles. The van der Waals surface area contributed by atoms with Gasteiger partial charge in [0.1, 0.15) is 33.0 Å². The second-order valence-electron chi connectivity index (χ2n) is 26.4. The molecule has 10 aromatic carbocycles. The lowest BCUT2D eigenvalue weighted by atomic mass is 10.2. The zero-order valence-corrected chi connectivity index (χ0v) is 81.2. The Morgan fingerprint density at radius 3 is 0.566 bits per heavy atom. The van der Waals surface area contributed by atoms with Crippen molar-refractivity contribution in [2.24, 2.45) is 53.6 Å². The summed E-state index contributed by atoms with van der Waals surface area (Å²) in [6, 6.07) is 67.7. The molecule has 0 bridgehead atoms. The second kappa shape index (κ2) is 49.7. The number of hydrogen-bond acceptors (Lipinski definition) is 26. The highest BCUT2D eigenvalue weighted by atomic mass is 79.9. The molecule has 27 nitrogen and oxygen atoms in total. The average molecular weight is 2160 g/mol. The van der Waals surface area contributed by atoms with Gasteiger partial charge in [0, 0.05) is 6.92 Å². The van der Waals surface area contributed by atoms with Crippen LogP contribution in [0.5, 0.6) is 57.5 Å². The molecule has 5 heterocycles. The molecule has 129 heavy (non-hydrogen) atoms. The third-order valence-corrected chi connectivity index (χ3v) is 24.1. The van der Waals surface area contributed by atoms with Crippen LogP contribution in [0.25, 0.3) is 30.4 Å². The minimum absolute atomic E-state index is 0.255. The maximum Gasteiger partial charge on any atom is 0.300 e. The molecule has 0 spiro atoms. The van der Waals surface area contributed by atoms with E-state index in [9.17, 15) is 24.0 Å². The summed E-state index contributed by atoms with van der Waals surface area (Å²) in [7, 11) is 7.87. The van der Waals surface area contributed by atoms with Crippen molar-refractivity contribution in [1.29, 1.82) is 0 Å². The van der Waals surface area contributed by atoms with E-state index in [1.165, 1.54) is 0 Å². The van der Waals surface area contributed by atoms with Crippen molar-refractivity contribution >= 4 is 230 Å². The first kappa shape index (κ1) is 99.4. The lowest BCUT2D eigenvalue weighted by Crippen LogP contribution is -2.01. The van der Waals surface area contributed by atoms with Crippen LogP contribution in [0, 0.1) is 0 Å². The van der Waals surface area contributed by atoms with Crippen molar-refractivity contribution < 1.29 is 81.2 Å². The molecule has 37 heteroatoms. The summed E-state index contributed by atoms with van der Waals surface area (Å²) in [6.45, 7) is 3.21. The summed E-state index contributed by atoms with van der Waals surface area (Å²) in [5.74, 6) is 3.39. The van der Waals surface area contributed by atoms with E-state index in [0.29, 0.717) is 115 Å². The number of amides is 5. The van der Waals surface area contributed by atoms with Crippen molar-refractivity contribution in [2.75, 3.05) is 35.5 Å². The maximum atomic E-state index is 11.7. The minimum atomic E-state index is -0.833. The van der Waals surface area contributed by atoms with Crippen LogP contribution in [-0.4, -0.2) is 102 Å². The molecule has 0 fully saturated rings. The predicted octanol–water partition coefficient (Wildman–Crippen LogP) is 19.9. The number of carboxylic acids is 1. The normalized spacial score (nSPS) is 15.1. The Balaban J connectivity index is 0.000000166. The van der Waals surface area contributed by atoms with E-state index in [0.717, 1.165) is 144 Å². The number of rotatable bonds is 25. The molecule has 0 unspecified atom stereocenters. The summed E-state index contributed by atoms with van der Waals surface area (Å²) < 4.78 is 60.4. The highest BCUT2D eigenvalue weighted by molar-refractivity contribution is 9.11. The van der Waals surface area contributed by atoms with E-state index in [4.69, 9.17) is 85.9 Å². The van der Waals surface area contributed by atoms with Crippen LogP contribution in [0.4, 0.5) is 0 Å². The molecular weight excluding hydrogens is 2080 g/mol. The number of amidine groups is 5. The molecule has 0 atom stereocenters. The Morgan fingerprint density at radius 2 is 0.442 bits per heavy atom. The van der Waals surface area contributed by atoms with Gasteiger partial charge in [-0.1, -0.05) is 152 Å². The summed E-state index contributed by atoms with van der Waals surface area (Å²) >= 11 is 23.3. The van der Waals surface area contributed by atoms with Crippen molar-refractivity contribution in [3.63, 3.8) is 0 Å². The van der Waals surface area contributed by atoms with Crippen LogP contribution in [0.3, 0.4) is 0 Å². The lowest BCUT2D eigenvalue weighted by Gasteiger charge is -2.14. The fourth-order valence-corrected chi connectivity index (χ4v) is 17.6. The summed E-state index contributed by atoms with van der Waals surface area (Å²) in [6.07, 6.45) is 8.63. The van der Waals surface area contributed by atoms with Crippen LogP contribution < -0.4 is 76.0 Å². The van der Waals surface area contributed by atoms with Gasteiger partial charge in [-0.2, -0.15) is 25.0 Å². The van der Waals surface area contributed by atoms with Gasteiger partial charge in [-0.3, -0.25) is 28.8 Å². The molecule has 0 saturated carbocycles. The molecular formula is C92H79Br5N10O17S5. The number of carboxylic acid groups (broad SMARTS) is 1. The second-order valence-corrected chi connectivity index (χ2v) is 36.0. The average Bonchev–Trinajstić information content (AvgIpc) is 1.57. The number of benzene rings is 10. The smallest absolute Gasteiger partial charge is 0.300 e. The number of carbonyl (C=O) groups is 6. The van der Waals surface area contributed by atoms with Gasteiger partial charge in [0.2, 0.25) is 0 Å². The number of halogens is 5. The molecule has 10 aromatic rings. The van der Waals surface area contributed by atoms with Gasteiger partial charge in [0.15, 0.2) is 83.3 Å². The molecule has 11 N–H and O–H groups in total. The number of hydrogen-bond donors (Lipinski definition) is 6. The van der Waals surface area contributed by atoms with Crippen LogP contribution in [-0.2, 0) is 61.8 Å². The fraction of sp³-hybridized carbons (Fsp3) is 0.120. The summed E-state index contributed by atoms with van der Waals surface area (Å²) in [5, 5.41) is 8.69. The van der Waals surface area contributed by atoms with Gasteiger partial charge in [0.25, 0.3) is 35.5 Å². The van der Waals surface area contributed by atoms with Crippen molar-refractivity contribution in [3.05, 3.63) is 315 Å². The summed E-state index contributed by atoms with van der Waals surface area (Å²) in [4.78, 5) is 88.5. The standard InChI is InChI=1S/5C18H15BrN2O3S.C2H4O2/c5*1-23-14-8-12(9-15-17(22)21-18(20)25-15)7-13(19)16(14)24-10-11-5-3-2-4-6-11;1-2(3)4/h5*2-9H,10H2,1H3,(H2,20,21,22);1H3,(H,3,4)/b5*15-9-;. The van der Waals surface area contributed by atoms with Crippen LogP contribution in [0.2, 0.25) is 0 Å². The van der Waals surface area contributed by atoms with Gasteiger partial charge >= 0.3 is 0 Å². The van der Waals surface area contributed by atoms with E-state index in [1.807, 2.05) is 182 Å². The number of nitrogens with zero attached hydrogens (tertiary/aromatic N) is 5. The van der Waals surface area contributed by atoms with Gasteiger partial charge in [-0.15, -0.1) is 0 Å². The molecule has 5 aliphatic rings. The van der Waals surface area contributed by atoms with Gasteiger partial charge in [-0.05, 0) is 285 Å². The topological polar surface area (TPSA) is 407 Å². The van der Waals surface area contributed by atoms with Gasteiger partial charge < -0.3 is 81.1 Å². The first-order chi connectivity index (χ1) is 62.0. The van der Waals surface area contributed by atoms with Gasteiger partial charge in [-0.25, -0.2) is 0 Å². The van der Waals surface area contributed by atoms with Crippen LogP contribution in [0.15, 0.2) is 284 Å². The van der Waals surface area contributed by atoms with E-state index < -0.39 is 5.97 Å². The Labute approximate surface area is 805 Å². The van der Waals surface area contributed by atoms with Crippen LogP contribution >= 0.6 is 138 Å². The van der Waals surface area contributed by atoms with Crippen molar-refractivity contribution in [2.45, 2.75) is 40.0 Å². The van der Waals surface area contributed by atoms with Gasteiger partial charge in [0.05, 0.1) is 82.4 Å². The monoisotopic (exact) mass is 2150 g/mol. The Morgan fingerprint density at radius 1 is 0.295 bits per heavy atom. The summed E-state index contributed by atoms with van der Waals surface area (Å²) in [5.41, 5.74) is 37.1. The number of thioether (sulfide) groups is 5. The minimum Gasteiger partial charge on any atom is -0.493 e. The van der Waals surface area contributed by atoms with E-state index in [1.54, 1.807) is 96.3 Å². The zero-order valence-electron chi connectivity index (χ0n) is 69.2. The number of ether oxygens (including phenoxy) is 10. The first-order valence-corrected chi connectivity index (χ1v) is 45.9. The number of methoxy groups -OCH3 is 5. The van der Waals surface area contributed by atoms with Crippen molar-refractivity contribution in [3.8, 4) is 57.5 Å². The molecule has 0 aromatic heterocycles. The third kappa shape index (κ3) is 30.4. The van der Waals surface area contributed by atoms with E-state index in [-0.39, 0.29) is 55.4 Å². The Bertz CT molecular complexity index is 5290. The molecule has 5 amide bonds. The SMILES string of the molecule is CC(=O)O.COc1cc(/C=C2\SC(N)=NC2=O)cc(Br)c1OCc1ccccc1.COc1cc(/C=C2\SC(N)=NC2=O)cc(Br)c1OCc1ccccc1.COc1cc(/C=C2\SC(N)=NC2=O)cc(Br)c1OCc1ccccc1.COc1cc(/C=C2\SC(N)=NC2=O)cc(Br)c1OCc1ccccc1.COc1cc(/C=C2\SC(N)=NC2=O)cc(Br)c1OCc1ccccc1. The molecule has 0 saturated heterocycles. The fourth-order valence-electron chi connectivity index (χ4n) is 11.3. The molecule has 664 valence electrons. The Kier molecular flexibility index (Phi) is 38.3. The number of aliphatic imine (C=N–C) groups is 5. The maximum absolute atomic E-state index is 11.7. The number of nitrogens with two attached hydrogens (primary N) is 5. The van der Waals surface area contributed by atoms with E-state index in [2.05, 4.69) is 105 Å². The number of carbonyl (C=O) groups excluding carboxylic acids is 5. The lowest BCUT2D eigenvalue weighted by molar-refractivity contribution is -0.134. The van der Waals surface area contributed by atoms with E-state index >= 15 is 0 Å². The molecule has 15 rings (SSSR count). The predicted molar refractivity (Wildman–Crippen MR) is 532 cm³/mol. The highest BCUT2D eigenvalue weighted by Gasteiger charge is 2.27. The zero-order chi connectivity index (χ0) is 92.6. The number of aliphatic carboxylic acids is 1. The third-order valence-electron chi connectivity index (χ3n) is 17.1. The highest BCUT2D eigenvalue weighted by Crippen LogP contribution is 2.45. The quantitative estimate of drug-likeness (QED) is 0.0289. The van der Waals surface area contributed by atoms with Crippen LogP contribution in [0.1, 0.15) is 62.6 Å². The molecule has 0 aliphatic carbocycles. The van der Waals surface area contributed by atoms with Crippen molar-refractivity contribution in [1.82, 2.24) is 0 Å². The molecule has 0 radical (unpaired) electrons.